The molecule has 1 unspecified atom stereocenters. The maximum Gasteiger partial charge on any atom is 0.261 e. The minimum Gasteiger partial charge on any atom is -0.387 e. The average Bonchev–Trinajstić information content (AvgIpc) is 2.23. The number of aryl methyl sites for hydroxylation is 2. The van der Waals surface area contributed by atoms with Crippen LogP contribution in [-0.4, -0.2) is 53.7 Å². The van der Waals surface area contributed by atoms with Gasteiger partial charge in [0.1, 0.15) is 5.56 Å². The Hall–Kier alpha value is -1.66. The Bertz CT molecular complexity index is 547. The number of aromatic nitrogens is 1. The standard InChI is InChI=1S/C14H23N3O3/c1-9-6-10(2)16-13(19)11(9)12(18)15-7-14(3,20)8-17(4)5/h6,20H,7-8H2,1-5H3,(H,15,18)(H,16,19). The number of likely N-dealkylation sites (N-methyl/N-ethyl adjacent to an activating group) is 1. The number of carbonyl (C=O) groups excluding carboxylic acids is 1. The van der Waals surface area contributed by atoms with Gasteiger partial charge in [0, 0.05) is 18.8 Å². The molecule has 0 aliphatic carbocycles. The van der Waals surface area contributed by atoms with Gasteiger partial charge in [-0.2, -0.15) is 0 Å². The van der Waals surface area contributed by atoms with Crippen LogP contribution in [0.3, 0.4) is 0 Å². The van der Waals surface area contributed by atoms with E-state index in [1.54, 1.807) is 26.8 Å². The fourth-order valence-electron chi connectivity index (χ4n) is 2.23. The molecule has 0 fully saturated rings. The predicted molar refractivity (Wildman–Crippen MR) is 78.0 cm³/mol. The summed E-state index contributed by atoms with van der Waals surface area (Å²) >= 11 is 0. The van der Waals surface area contributed by atoms with E-state index in [0.717, 1.165) is 0 Å². The van der Waals surface area contributed by atoms with Crippen molar-refractivity contribution in [1.82, 2.24) is 15.2 Å². The summed E-state index contributed by atoms with van der Waals surface area (Å²) in [6.07, 6.45) is 0. The van der Waals surface area contributed by atoms with Crippen LogP contribution >= 0.6 is 0 Å². The van der Waals surface area contributed by atoms with Gasteiger partial charge in [-0.15, -0.1) is 0 Å². The van der Waals surface area contributed by atoms with E-state index in [1.165, 1.54) is 0 Å². The topological polar surface area (TPSA) is 85.4 Å². The summed E-state index contributed by atoms with van der Waals surface area (Å²) in [5.41, 5.74) is -0.0343. The first-order chi connectivity index (χ1) is 9.12. The molecule has 6 nitrogen and oxygen atoms in total. The first-order valence-corrected chi connectivity index (χ1v) is 6.48. The van der Waals surface area contributed by atoms with Gasteiger partial charge in [-0.1, -0.05) is 0 Å². The predicted octanol–water partition coefficient (Wildman–Crippen LogP) is 0.0341. The first kappa shape index (κ1) is 16.4. The summed E-state index contributed by atoms with van der Waals surface area (Å²) in [5, 5.41) is 12.7. The molecule has 6 heteroatoms. The molecule has 1 aromatic heterocycles. The number of carbonyl (C=O) groups is 1. The van der Waals surface area contributed by atoms with Gasteiger partial charge in [-0.25, -0.2) is 0 Å². The Morgan fingerprint density at radius 1 is 1.45 bits per heavy atom. The lowest BCUT2D eigenvalue weighted by Crippen LogP contribution is -2.47. The highest BCUT2D eigenvalue weighted by molar-refractivity contribution is 5.95. The highest BCUT2D eigenvalue weighted by atomic mass is 16.3. The van der Waals surface area contributed by atoms with Gasteiger partial charge >= 0.3 is 0 Å². The van der Waals surface area contributed by atoms with Crippen molar-refractivity contribution >= 4 is 5.91 Å². The van der Waals surface area contributed by atoms with Crippen molar-refractivity contribution in [3.05, 3.63) is 33.2 Å². The third-order valence-corrected chi connectivity index (χ3v) is 2.88. The molecule has 0 saturated carbocycles. The molecule has 0 aliphatic heterocycles. The number of aromatic amines is 1. The SMILES string of the molecule is Cc1cc(C)c(C(=O)NCC(C)(O)CN(C)C)c(=O)[nH]1. The van der Waals surface area contributed by atoms with Crippen LogP contribution < -0.4 is 10.9 Å². The average molecular weight is 281 g/mol. The molecule has 0 spiro atoms. The molecule has 0 radical (unpaired) electrons. The Balaban J connectivity index is 2.81. The monoisotopic (exact) mass is 281 g/mol. The van der Waals surface area contributed by atoms with Gasteiger partial charge in [0.25, 0.3) is 11.5 Å². The third-order valence-electron chi connectivity index (χ3n) is 2.88. The normalized spacial score (nSPS) is 14.2. The molecule has 1 rings (SSSR count). The molecule has 1 heterocycles. The fraction of sp³-hybridized carbons (Fsp3) is 0.571. The molecule has 0 saturated heterocycles. The highest BCUT2D eigenvalue weighted by Gasteiger charge is 2.23. The van der Waals surface area contributed by atoms with Crippen molar-refractivity contribution in [2.45, 2.75) is 26.4 Å². The minimum atomic E-state index is -1.05. The van der Waals surface area contributed by atoms with Gasteiger partial charge in [0.2, 0.25) is 0 Å². The maximum absolute atomic E-state index is 12.1. The molecule has 0 bridgehead atoms. The molecular formula is C14H23N3O3. The summed E-state index contributed by atoms with van der Waals surface area (Å²) in [6.45, 7) is 5.61. The van der Waals surface area contributed by atoms with Crippen molar-refractivity contribution in [3.8, 4) is 0 Å². The Morgan fingerprint density at radius 2 is 2.05 bits per heavy atom. The van der Waals surface area contributed by atoms with E-state index in [0.29, 0.717) is 17.8 Å². The lowest BCUT2D eigenvalue weighted by atomic mass is 10.1. The number of rotatable bonds is 5. The van der Waals surface area contributed by atoms with Crippen molar-refractivity contribution in [2.75, 3.05) is 27.2 Å². The van der Waals surface area contributed by atoms with Crippen LogP contribution in [0.1, 0.15) is 28.5 Å². The van der Waals surface area contributed by atoms with Gasteiger partial charge in [-0.05, 0) is 46.5 Å². The highest BCUT2D eigenvalue weighted by Crippen LogP contribution is 2.06. The van der Waals surface area contributed by atoms with E-state index >= 15 is 0 Å². The molecule has 0 aliphatic rings. The van der Waals surface area contributed by atoms with Crippen molar-refractivity contribution in [3.63, 3.8) is 0 Å². The summed E-state index contributed by atoms with van der Waals surface area (Å²) < 4.78 is 0. The molecule has 1 aromatic rings. The second-order valence-electron chi connectivity index (χ2n) is 5.76. The van der Waals surface area contributed by atoms with Crippen molar-refractivity contribution in [1.29, 1.82) is 0 Å². The van der Waals surface area contributed by atoms with E-state index in [2.05, 4.69) is 10.3 Å². The van der Waals surface area contributed by atoms with Gasteiger partial charge in [0.15, 0.2) is 0 Å². The lowest BCUT2D eigenvalue weighted by molar-refractivity contribution is 0.0325. The van der Waals surface area contributed by atoms with Crippen LogP contribution in [0.15, 0.2) is 10.9 Å². The van der Waals surface area contributed by atoms with E-state index < -0.39 is 17.1 Å². The number of nitrogens with one attached hydrogen (secondary N) is 2. The molecular weight excluding hydrogens is 258 g/mol. The van der Waals surface area contributed by atoms with Crippen LogP contribution in [0.25, 0.3) is 0 Å². The zero-order valence-corrected chi connectivity index (χ0v) is 12.7. The number of pyridine rings is 1. The fourth-order valence-corrected chi connectivity index (χ4v) is 2.23. The summed E-state index contributed by atoms with van der Waals surface area (Å²) in [6, 6.07) is 1.74. The van der Waals surface area contributed by atoms with E-state index in [-0.39, 0.29) is 12.1 Å². The largest absolute Gasteiger partial charge is 0.387 e. The summed E-state index contributed by atoms with van der Waals surface area (Å²) in [4.78, 5) is 28.3. The zero-order chi connectivity index (χ0) is 15.5. The quantitative estimate of drug-likeness (QED) is 0.711. The third kappa shape index (κ3) is 4.47. The molecule has 3 N–H and O–H groups in total. The zero-order valence-electron chi connectivity index (χ0n) is 12.7. The van der Waals surface area contributed by atoms with Crippen LogP contribution in [0, 0.1) is 13.8 Å². The molecule has 20 heavy (non-hydrogen) atoms. The number of hydrogen-bond donors (Lipinski definition) is 3. The van der Waals surface area contributed by atoms with Gasteiger partial charge in [0.05, 0.1) is 5.60 Å². The number of hydrogen-bond acceptors (Lipinski definition) is 4. The number of nitrogens with zero attached hydrogens (tertiary/aromatic N) is 1. The summed E-state index contributed by atoms with van der Waals surface area (Å²) in [7, 11) is 3.68. The number of aliphatic hydroxyl groups is 1. The summed E-state index contributed by atoms with van der Waals surface area (Å²) in [5.74, 6) is -0.470. The molecule has 0 aromatic carbocycles. The Labute approximate surface area is 118 Å². The lowest BCUT2D eigenvalue weighted by Gasteiger charge is -2.27. The maximum atomic E-state index is 12.1. The van der Waals surface area contributed by atoms with Crippen LogP contribution in [-0.2, 0) is 0 Å². The van der Waals surface area contributed by atoms with Gasteiger partial charge < -0.3 is 20.3 Å². The van der Waals surface area contributed by atoms with Crippen LogP contribution in [0.4, 0.5) is 0 Å². The number of amides is 1. The smallest absolute Gasteiger partial charge is 0.261 e. The number of H-pyrrole nitrogens is 1. The first-order valence-electron chi connectivity index (χ1n) is 6.48. The van der Waals surface area contributed by atoms with Crippen LogP contribution in [0.2, 0.25) is 0 Å². The Kier molecular flexibility index (Phi) is 5.08. The second kappa shape index (κ2) is 6.19. The van der Waals surface area contributed by atoms with Gasteiger partial charge in [-0.3, -0.25) is 9.59 Å². The van der Waals surface area contributed by atoms with E-state index in [1.807, 2.05) is 19.0 Å². The van der Waals surface area contributed by atoms with E-state index in [4.69, 9.17) is 0 Å². The minimum absolute atomic E-state index is 0.0801. The molecule has 112 valence electrons. The second-order valence-corrected chi connectivity index (χ2v) is 5.76. The molecule has 1 amide bonds. The van der Waals surface area contributed by atoms with Crippen molar-refractivity contribution < 1.29 is 9.90 Å². The Morgan fingerprint density at radius 3 is 2.55 bits per heavy atom. The van der Waals surface area contributed by atoms with E-state index in [9.17, 15) is 14.7 Å². The van der Waals surface area contributed by atoms with Crippen molar-refractivity contribution in [2.24, 2.45) is 0 Å². The molecule has 1 atom stereocenters. The van der Waals surface area contributed by atoms with Crippen LogP contribution in [0.5, 0.6) is 0 Å².